The molecule has 2 aromatic rings. The van der Waals surface area contributed by atoms with Crippen LogP contribution in [-0.4, -0.2) is 11.7 Å². The van der Waals surface area contributed by atoms with Crippen molar-refractivity contribution < 1.29 is 9.84 Å². The zero-order valence-electron chi connectivity index (χ0n) is 9.97. The van der Waals surface area contributed by atoms with Crippen molar-refractivity contribution in [1.29, 1.82) is 0 Å². The summed E-state index contributed by atoms with van der Waals surface area (Å²) in [6.07, 6.45) is 0.270. The van der Waals surface area contributed by atoms with Gasteiger partial charge in [0.15, 0.2) is 0 Å². The van der Waals surface area contributed by atoms with Gasteiger partial charge in [0.1, 0.15) is 11.9 Å². The van der Waals surface area contributed by atoms with Gasteiger partial charge in [-0.3, -0.25) is 0 Å². The van der Waals surface area contributed by atoms with Crippen LogP contribution in [0.1, 0.15) is 22.8 Å². The van der Waals surface area contributed by atoms with E-state index < -0.39 is 6.10 Å². The molecule has 0 fully saturated rings. The number of hydrogen-bond donors (Lipinski definition) is 2. The van der Waals surface area contributed by atoms with Crippen LogP contribution < -0.4 is 10.5 Å². The number of nitrogens with two attached hydrogens (primary N) is 1. The highest BCUT2D eigenvalue weighted by Crippen LogP contribution is 2.30. The average Bonchev–Trinajstić information content (AvgIpc) is 2.85. The molecule has 3 N–H and O–H groups in total. The number of benzene rings is 2. The number of nitrogen functional groups attached to an aromatic ring is 1. The van der Waals surface area contributed by atoms with E-state index in [-0.39, 0.29) is 0 Å². The summed E-state index contributed by atoms with van der Waals surface area (Å²) in [5.74, 6) is 0.929. The largest absolute Gasteiger partial charge is 0.493 e. The monoisotopic (exact) mass is 241 g/mol. The van der Waals surface area contributed by atoms with E-state index in [9.17, 15) is 5.11 Å². The van der Waals surface area contributed by atoms with E-state index in [4.69, 9.17) is 10.5 Å². The fraction of sp³-hybridized carbons (Fsp3) is 0.200. The Morgan fingerprint density at radius 2 is 1.94 bits per heavy atom. The van der Waals surface area contributed by atoms with E-state index >= 15 is 0 Å². The third-order valence-corrected chi connectivity index (χ3v) is 3.26. The van der Waals surface area contributed by atoms with E-state index in [1.54, 1.807) is 6.07 Å². The van der Waals surface area contributed by atoms with E-state index in [1.165, 1.54) is 0 Å². The first-order valence-electron chi connectivity index (χ1n) is 6.03. The first kappa shape index (κ1) is 11.1. The first-order valence-corrected chi connectivity index (χ1v) is 6.03. The summed E-state index contributed by atoms with van der Waals surface area (Å²) in [5.41, 5.74) is 9.25. The summed E-state index contributed by atoms with van der Waals surface area (Å²) in [6.45, 7) is 0.729. The second kappa shape index (κ2) is 4.35. The Balaban J connectivity index is 1.95. The van der Waals surface area contributed by atoms with Crippen molar-refractivity contribution in [2.75, 3.05) is 12.3 Å². The maximum atomic E-state index is 10.4. The molecule has 0 bridgehead atoms. The maximum absolute atomic E-state index is 10.4. The Hall–Kier alpha value is -2.00. The smallest absolute Gasteiger partial charge is 0.122 e. The summed E-state index contributed by atoms with van der Waals surface area (Å²) in [5, 5.41) is 10.4. The van der Waals surface area contributed by atoms with Crippen LogP contribution in [0.15, 0.2) is 42.5 Å². The van der Waals surface area contributed by atoms with E-state index in [1.807, 2.05) is 36.4 Å². The summed E-state index contributed by atoms with van der Waals surface area (Å²) in [7, 11) is 0. The lowest BCUT2D eigenvalue weighted by atomic mass is 9.98. The number of anilines is 1. The highest BCUT2D eigenvalue weighted by molar-refractivity contribution is 5.46. The Morgan fingerprint density at radius 1 is 1.11 bits per heavy atom. The lowest BCUT2D eigenvalue weighted by Gasteiger charge is -2.13. The molecule has 1 atom stereocenters. The maximum Gasteiger partial charge on any atom is 0.122 e. The van der Waals surface area contributed by atoms with Gasteiger partial charge in [-0.05, 0) is 41.0 Å². The van der Waals surface area contributed by atoms with Crippen LogP contribution in [0.5, 0.6) is 5.75 Å². The number of ether oxygens (including phenoxy) is 1. The molecule has 0 saturated carbocycles. The number of hydrogen-bond acceptors (Lipinski definition) is 3. The van der Waals surface area contributed by atoms with Crippen LogP contribution >= 0.6 is 0 Å². The first-order chi connectivity index (χ1) is 8.74. The third kappa shape index (κ3) is 1.93. The Bertz CT molecular complexity index is 580. The minimum atomic E-state index is -0.639. The van der Waals surface area contributed by atoms with E-state index in [0.29, 0.717) is 5.69 Å². The summed E-state index contributed by atoms with van der Waals surface area (Å²) >= 11 is 0. The van der Waals surface area contributed by atoms with E-state index in [2.05, 4.69) is 0 Å². The number of rotatable bonds is 2. The molecule has 0 radical (unpaired) electrons. The second-order valence-electron chi connectivity index (χ2n) is 4.54. The van der Waals surface area contributed by atoms with Gasteiger partial charge >= 0.3 is 0 Å². The molecule has 0 spiro atoms. The molecule has 0 saturated heterocycles. The van der Waals surface area contributed by atoms with Gasteiger partial charge in [-0.1, -0.05) is 18.2 Å². The summed E-state index contributed by atoms with van der Waals surface area (Å²) in [6, 6.07) is 13.2. The van der Waals surface area contributed by atoms with Crippen LogP contribution in [0.4, 0.5) is 5.69 Å². The minimum absolute atomic E-state index is 0.639. The van der Waals surface area contributed by atoms with Gasteiger partial charge in [0.05, 0.1) is 6.61 Å². The van der Waals surface area contributed by atoms with Crippen molar-refractivity contribution in [3.05, 3.63) is 59.2 Å². The zero-order valence-corrected chi connectivity index (χ0v) is 9.97. The molecular formula is C15H15NO2. The topological polar surface area (TPSA) is 55.5 Å². The van der Waals surface area contributed by atoms with Gasteiger partial charge in [-0.25, -0.2) is 0 Å². The number of aliphatic hydroxyl groups is 1. The number of aliphatic hydroxyl groups excluding tert-OH is 1. The molecule has 92 valence electrons. The highest BCUT2D eigenvalue weighted by atomic mass is 16.5. The zero-order chi connectivity index (χ0) is 12.5. The molecule has 0 aromatic heterocycles. The molecule has 1 aliphatic heterocycles. The lowest BCUT2D eigenvalue weighted by Crippen LogP contribution is -2.01. The van der Waals surface area contributed by atoms with E-state index in [0.717, 1.165) is 35.5 Å². The summed E-state index contributed by atoms with van der Waals surface area (Å²) < 4.78 is 5.46. The van der Waals surface area contributed by atoms with Gasteiger partial charge in [0.2, 0.25) is 0 Å². The van der Waals surface area contributed by atoms with Gasteiger partial charge in [-0.2, -0.15) is 0 Å². The summed E-state index contributed by atoms with van der Waals surface area (Å²) in [4.78, 5) is 0. The van der Waals surface area contributed by atoms with Gasteiger partial charge < -0.3 is 15.6 Å². The fourth-order valence-corrected chi connectivity index (χ4v) is 2.30. The van der Waals surface area contributed by atoms with Crippen LogP contribution in [0.3, 0.4) is 0 Å². The Morgan fingerprint density at radius 3 is 2.78 bits per heavy atom. The quantitative estimate of drug-likeness (QED) is 0.793. The predicted molar refractivity (Wildman–Crippen MR) is 70.6 cm³/mol. The standard InChI is InChI=1S/C15H15NO2/c16-13-3-1-2-11(9-13)15(17)12-4-5-14-10(8-12)6-7-18-14/h1-5,8-9,15,17H,6-7,16H2. The predicted octanol–water partition coefficient (Wildman–Crippen LogP) is 2.29. The van der Waals surface area contributed by atoms with Crippen LogP contribution in [0.25, 0.3) is 0 Å². The van der Waals surface area contributed by atoms with Gasteiger partial charge in [0.25, 0.3) is 0 Å². The van der Waals surface area contributed by atoms with Crippen LogP contribution in [-0.2, 0) is 6.42 Å². The average molecular weight is 241 g/mol. The molecule has 2 aromatic carbocycles. The SMILES string of the molecule is Nc1cccc(C(O)c2ccc3c(c2)CCO3)c1. The lowest BCUT2D eigenvalue weighted by molar-refractivity contribution is 0.220. The third-order valence-electron chi connectivity index (χ3n) is 3.26. The second-order valence-corrected chi connectivity index (χ2v) is 4.54. The molecule has 1 heterocycles. The van der Waals surface area contributed by atoms with Gasteiger partial charge in [0, 0.05) is 12.1 Å². The minimum Gasteiger partial charge on any atom is -0.493 e. The van der Waals surface area contributed by atoms with Crippen LogP contribution in [0, 0.1) is 0 Å². The molecule has 3 nitrogen and oxygen atoms in total. The van der Waals surface area contributed by atoms with Crippen molar-refractivity contribution in [3.63, 3.8) is 0 Å². The fourth-order valence-electron chi connectivity index (χ4n) is 2.30. The molecule has 3 heteroatoms. The highest BCUT2D eigenvalue weighted by Gasteiger charge is 2.16. The molecule has 18 heavy (non-hydrogen) atoms. The molecule has 1 unspecified atom stereocenters. The normalized spacial score (nSPS) is 14.9. The molecule has 0 amide bonds. The van der Waals surface area contributed by atoms with Gasteiger partial charge in [-0.15, -0.1) is 0 Å². The Kier molecular flexibility index (Phi) is 2.68. The van der Waals surface area contributed by atoms with Crippen molar-refractivity contribution >= 4 is 5.69 Å². The Labute approximate surface area is 106 Å². The van der Waals surface area contributed by atoms with Crippen molar-refractivity contribution in [3.8, 4) is 5.75 Å². The van der Waals surface area contributed by atoms with Crippen molar-refractivity contribution in [2.24, 2.45) is 0 Å². The van der Waals surface area contributed by atoms with Crippen molar-refractivity contribution in [1.82, 2.24) is 0 Å². The molecule has 0 aliphatic carbocycles. The molecular weight excluding hydrogens is 226 g/mol. The van der Waals surface area contributed by atoms with Crippen molar-refractivity contribution in [2.45, 2.75) is 12.5 Å². The van der Waals surface area contributed by atoms with Crippen LogP contribution in [0.2, 0.25) is 0 Å². The number of fused-ring (bicyclic) bond motifs is 1. The molecule has 3 rings (SSSR count). The molecule has 1 aliphatic rings.